The number of allylic oxidation sites excluding steroid dienone is 1. The van der Waals surface area contributed by atoms with Gasteiger partial charge in [-0.3, -0.25) is 4.90 Å². The first kappa shape index (κ1) is 19.3. The van der Waals surface area contributed by atoms with Crippen LogP contribution in [0, 0.1) is 0 Å². The number of hydrogen-bond acceptors (Lipinski definition) is 3. The zero-order valence-electron chi connectivity index (χ0n) is 17.2. The predicted octanol–water partition coefficient (Wildman–Crippen LogP) is 4.56. The summed E-state index contributed by atoms with van der Waals surface area (Å²) in [5, 5.41) is 1.05. The van der Waals surface area contributed by atoms with E-state index in [1.54, 1.807) is 28.2 Å². The van der Waals surface area contributed by atoms with Crippen molar-refractivity contribution in [3.05, 3.63) is 89.2 Å². The fourth-order valence-electron chi connectivity index (χ4n) is 4.73. The maximum absolute atomic E-state index is 13.7. The highest BCUT2D eigenvalue weighted by Gasteiger charge is 2.27. The molecule has 1 unspecified atom stereocenters. The topological polar surface area (TPSA) is 42.3 Å². The average molecular weight is 419 g/mol. The number of aromatic nitrogens is 1. The molecular formula is C25H26N2O2S. The molecule has 2 aliphatic rings. The second kappa shape index (κ2) is 7.56. The highest BCUT2D eigenvalue weighted by Crippen LogP contribution is 2.33. The van der Waals surface area contributed by atoms with E-state index in [4.69, 9.17) is 0 Å². The molecule has 2 aromatic carbocycles. The fourth-order valence-corrected chi connectivity index (χ4v) is 6.34. The summed E-state index contributed by atoms with van der Waals surface area (Å²) in [5.41, 5.74) is 5.57. The van der Waals surface area contributed by atoms with Gasteiger partial charge in [0.15, 0.2) is 0 Å². The molecule has 0 amide bonds. The number of fused-ring (bicyclic) bond motifs is 5. The highest BCUT2D eigenvalue weighted by molar-refractivity contribution is 7.90. The van der Waals surface area contributed by atoms with E-state index in [1.807, 2.05) is 24.3 Å². The SMILES string of the molecule is CCC1=C/C2=C/Cc3c(c4ccccc4n3S(=O)(=O)c3ccccc3)CCN(C1)C2. The van der Waals surface area contributed by atoms with Crippen LogP contribution < -0.4 is 0 Å². The average Bonchev–Trinajstić information content (AvgIpc) is 3.12. The van der Waals surface area contributed by atoms with E-state index in [-0.39, 0.29) is 0 Å². The molecule has 0 fully saturated rings. The standard InChI is InChI=1S/C25H26N2O2S/c1-2-19-16-20-12-13-25-23(14-15-26(17-19)18-20)22-10-6-7-11-24(22)27(25)30(28,29)21-8-4-3-5-9-21/h3-12,16H,2,13-15,17-18H2,1H3/b20-12-. The van der Waals surface area contributed by atoms with Crippen LogP contribution in [0.4, 0.5) is 0 Å². The number of nitrogens with zero attached hydrogens (tertiary/aromatic N) is 2. The number of hydrogen-bond donors (Lipinski definition) is 0. The summed E-state index contributed by atoms with van der Waals surface area (Å²) in [7, 11) is -3.68. The van der Waals surface area contributed by atoms with Gasteiger partial charge < -0.3 is 0 Å². The summed E-state index contributed by atoms with van der Waals surface area (Å²) < 4.78 is 29.0. The van der Waals surface area contributed by atoms with E-state index >= 15 is 0 Å². The number of rotatable bonds is 3. The number of benzene rings is 2. The lowest BCUT2D eigenvalue weighted by Gasteiger charge is -2.28. The van der Waals surface area contributed by atoms with Crippen LogP contribution in [0.5, 0.6) is 0 Å². The first-order chi connectivity index (χ1) is 14.6. The molecule has 3 aromatic rings. The molecular weight excluding hydrogens is 392 g/mol. The lowest BCUT2D eigenvalue weighted by atomic mass is 10.0. The van der Waals surface area contributed by atoms with Gasteiger partial charge in [-0.05, 0) is 42.2 Å². The van der Waals surface area contributed by atoms with Crippen molar-refractivity contribution in [2.24, 2.45) is 0 Å². The molecule has 2 bridgehead atoms. The molecule has 1 aromatic heterocycles. The van der Waals surface area contributed by atoms with Gasteiger partial charge in [-0.2, -0.15) is 0 Å². The van der Waals surface area contributed by atoms with Gasteiger partial charge in [0.2, 0.25) is 0 Å². The Labute approximate surface area is 178 Å². The van der Waals surface area contributed by atoms with Gasteiger partial charge in [-0.1, -0.05) is 61.0 Å². The van der Waals surface area contributed by atoms with Gasteiger partial charge >= 0.3 is 0 Å². The molecule has 154 valence electrons. The van der Waals surface area contributed by atoms with Crippen LogP contribution in [-0.2, 0) is 22.9 Å². The lowest BCUT2D eigenvalue weighted by molar-refractivity contribution is 0.317. The minimum absolute atomic E-state index is 0.330. The maximum atomic E-state index is 13.7. The monoisotopic (exact) mass is 418 g/mol. The molecule has 0 saturated heterocycles. The Balaban J connectivity index is 1.74. The van der Waals surface area contributed by atoms with Crippen molar-refractivity contribution in [1.82, 2.24) is 8.87 Å². The first-order valence-corrected chi connectivity index (χ1v) is 12.0. The zero-order chi connectivity index (χ0) is 20.7. The van der Waals surface area contributed by atoms with Crippen molar-refractivity contribution in [2.75, 3.05) is 19.6 Å². The second-order valence-electron chi connectivity index (χ2n) is 8.12. The van der Waals surface area contributed by atoms with Crippen LogP contribution >= 0.6 is 0 Å². The quantitative estimate of drug-likeness (QED) is 0.626. The third-order valence-corrected chi connectivity index (χ3v) is 8.00. The third kappa shape index (κ3) is 3.22. The van der Waals surface area contributed by atoms with E-state index in [0.29, 0.717) is 11.3 Å². The Morgan fingerprint density at radius 1 is 0.967 bits per heavy atom. The Morgan fingerprint density at radius 3 is 2.53 bits per heavy atom. The summed E-state index contributed by atoms with van der Waals surface area (Å²) >= 11 is 0. The minimum Gasteiger partial charge on any atom is -0.295 e. The Hall–Kier alpha value is -2.63. The largest absolute Gasteiger partial charge is 0.295 e. The molecule has 0 aliphatic carbocycles. The Morgan fingerprint density at radius 2 is 1.73 bits per heavy atom. The van der Waals surface area contributed by atoms with Crippen LogP contribution in [-0.4, -0.2) is 36.9 Å². The third-order valence-electron chi connectivity index (χ3n) is 6.24. The number of para-hydroxylation sites is 1. The van der Waals surface area contributed by atoms with Gasteiger partial charge in [0.1, 0.15) is 0 Å². The summed E-state index contributed by atoms with van der Waals surface area (Å²) in [6.45, 7) is 5.08. The molecule has 5 heteroatoms. The molecule has 2 aliphatic heterocycles. The van der Waals surface area contributed by atoms with Crippen LogP contribution in [0.2, 0.25) is 0 Å². The maximum Gasteiger partial charge on any atom is 0.268 e. The van der Waals surface area contributed by atoms with Gasteiger partial charge in [0.25, 0.3) is 10.0 Å². The lowest BCUT2D eigenvalue weighted by Crippen LogP contribution is -2.32. The normalized spacial score (nSPS) is 21.0. The van der Waals surface area contributed by atoms with Crippen molar-refractivity contribution < 1.29 is 8.42 Å². The van der Waals surface area contributed by atoms with Gasteiger partial charge in [0, 0.05) is 37.1 Å². The first-order valence-electron chi connectivity index (χ1n) is 10.6. The molecule has 3 heterocycles. The van der Waals surface area contributed by atoms with Gasteiger partial charge in [-0.15, -0.1) is 0 Å². The van der Waals surface area contributed by atoms with Gasteiger partial charge in [-0.25, -0.2) is 12.4 Å². The van der Waals surface area contributed by atoms with Crippen molar-refractivity contribution in [2.45, 2.75) is 31.1 Å². The van der Waals surface area contributed by atoms with Crippen LogP contribution in [0.25, 0.3) is 10.9 Å². The van der Waals surface area contributed by atoms with E-state index < -0.39 is 10.0 Å². The second-order valence-corrected chi connectivity index (χ2v) is 9.91. The van der Waals surface area contributed by atoms with Crippen LogP contribution in [0.1, 0.15) is 24.6 Å². The molecule has 30 heavy (non-hydrogen) atoms. The molecule has 5 rings (SSSR count). The molecule has 1 atom stereocenters. The summed E-state index contributed by atoms with van der Waals surface area (Å²) in [4.78, 5) is 2.81. The Kier molecular flexibility index (Phi) is 4.88. The smallest absolute Gasteiger partial charge is 0.268 e. The molecule has 0 radical (unpaired) electrons. The molecule has 4 nitrogen and oxygen atoms in total. The van der Waals surface area contributed by atoms with Crippen LogP contribution in [0.3, 0.4) is 0 Å². The van der Waals surface area contributed by atoms with E-state index in [2.05, 4.69) is 30.0 Å². The summed E-state index contributed by atoms with van der Waals surface area (Å²) in [6, 6.07) is 16.7. The van der Waals surface area contributed by atoms with Gasteiger partial charge in [0.05, 0.1) is 10.4 Å². The molecule has 0 spiro atoms. The zero-order valence-corrected chi connectivity index (χ0v) is 18.0. The Bertz CT molecular complexity index is 1270. The van der Waals surface area contributed by atoms with E-state index in [1.165, 1.54) is 11.1 Å². The minimum atomic E-state index is -3.68. The molecule has 0 N–H and O–H groups in total. The summed E-state index contributed by atoms with van der Waals surface area (Å²) in [5.74, 6) is 0. The van der Waals surface area contributed by atoms with E-state index in [0.717, 1.165) is 54.6 Å². The predicted molar refractivity (Wildman–Crippen MR) is 121 cm³/mol. The van der Waals surface area contributed by atoms with Crippen LogP contribution in [0.15, 0.2) is 82.8 Å². The van der Waals surface area contributed by atoms with E-state index in [9.17, 15) is 8.42 Å². The summed E-state index contributed by atoms with van der Waals surface area (Å²) in [6.07, 6.45) is 7.05. The molecule has 0 saturated carbocycles. The highest BCUT2D eigenvalue weighted by atomic mass is 32.2. The fraction of sp³-hybridized carbons (Fsp3) is 0.280. The van der Waals surface area contributed by atoms with Crippen molar-refractivity contribution >= 4 is 20.9 Å². The van der Waals surface area contributed by atoms with Crippen molar-refractivity contribution in [3.8, 4) is 0 Å². The van der Waals surface area contributed by atoms with Crippen molar-refractivity contribution in [1.29, 1.82) is 0 Å². The van der Waals surface area contributed by atoms with Crippen molar-refractivity contribution in [3.63, 3.8) is 0 Å².